The molecule has 1 heterocycles. The first-order valence-corrected chi connectivity index (χ1v) is 4.21. The fourth-order valence-corrected chi connectivity index (χ4v) is 1.55. The third-order valence-electron chi connectivity index (χ3n) is 2.16. The summed E-state index contributed by atoms with van der Waals surface area (Å²) >= 11 is 0. The van der Waals surface area contributed by atoms with E-state index in [4.69, 9.17) is 5.73 Å². The molecule has 0 fully saturated rings. The van der Waals surface area contributed by atoms with Crippen molar-refractivity contribution in [3.63, 3.8) is 0 Å². The third-order valence-corrected chi connectivity index (χ3v) is 2.16. The lowest BCUT2D eigenvalue weighted by Crippen LogP contribution is -2.28. The van der Waals surface area contributed by atoms with E-state index in [-0.39, 0.29) is 12.4 Å². The fraction of sp³-hybridized carbons (Fsp3) is 0.200. The molecule has 14 heavy (non-hydrogen) atoms. The molecule has 0 atom stereocenters. The molecule has 1 aliphatic heterocycles. The number of nitrogens with zero attached hydrogens (tertiary/aromatic N) is 1. The van der Waals surface area contributed by atoms with Gasteiger partial charge in [-0.05, 0) is 12.0 Å². The molecule has 1 amide bonds. The van der Waals surface area contributed by atoms with Crippen molar-refractivity contribution >= 4 is 24.0 Å². The molecule has 0 spiro atoms. The predicted molar refractivity (Wildman–Crippen MR) is 58.0 cm³/mol. The molecular weight excluding hydrogens is 200 g/mol. The van der Waals surface area contributed by atoms with E-state index in [1.54, 1.807) is 0 Å². The van der Waals surface area contributed by atoms with Gasteiger partial charge in [0.05, 0.1) is 0 Å². The van der Waals surface area contributed by atoms with Crippen LogP contribution in [0.1, 0.15) is 11.1 Å². The normalized spacial score (nSPS) is 13.6. The second-order valence-corrected chi connectivity index (χ2v) is 3.00. The lowest BCUT2D eigenvalue weighted by Gasteiger charge is -2.13. The van der Waals surface area contributed by atoms with Gasteiger partial charge < -0.3 is 5.73 Å². The number of aliphatic imine (C=N–C) groups is 1. The summed E-state index contributed by atoms with van der Waals surface area (Å²) in [5.74, 6) is -0.438. The van der Waals surface area contributed by atoms with E-state index < -0.39 is 5.91 Å². The van der Waals surface area contributed by atoms with Crippen LogP contribution in [0.4, 0.5) is 0 Å². The van der Waals surface area contributed by atoms with Crippen LogP contribution in [0.15, 0.2) is 29.3 Å². The quantitative estimate of drug-likeness (QED) is 0.737. The average Bonchev–Trinajstić information content (AvgIpc) is 2.17. The number of nitrogens with two attached hydrogens (primary N) is 1. The standard InChI is InChI=1S/C10H10N2O.ClH/c11-10(13)9-8-4-2-1-3-7(8)5-6-12-9;/h1-4H,5-6H2,(H2,11,13);1H. The lowest BCUT2D eigenvalue weighted by molar-refractivity contribution is -0.111. The van der Waals surface area contributed by atoms with Crippen molar-refractivity contribution in [3.8, 4) is 0 Å². The van der Waals surface area contributed by atoms with Crippen LogP contribution in [0.3, 0.4) is 0 Å². The zero-order valence-electron chi connectivity index (χ0n) is 7.56. The third kappa shape index (κ3) is 1.77. The molecule has 0 bridgehead atoms. The number of primary amides is 1. The number of carbonyl (C=O) groups excluding carboxylic acids is 1. The summed E-state index contributed by atoms with van der Waals surface area (Å²) in [5, 5.41) is 0. The van der Waals surface area contributed by atoms with E-state index in [1.807, 2.05) is 24.3 Å². The highest BCUT2D eigenvalue weighted by Gasteiger charge is 2.16. The van der Waals surface area contributed by atoms with Gasteiger partial charge in [-0.1, -0.05) is 24.3 Å². The Kier molecular flexibility index (Phi) is 3.25. The van der Waals surface area contributed by atoms with E-state index in [1.165, 1.54) is 0 Å². The Bertz CT molecular complexity index is 387. The maximum Gasteiger partial charge on any atom is 0.267 e. The lowest BCUT2D eigenvalue weighted by atomic mass is 9.97. The molecule has 0 aromatic heterocycles. The van der Waals surface area contributed by atoms with Crippen LogP contribution in [0.25, 0.3) is 0 Å². The monoisotopic (exact) mass is 210 g/mol. The largest absolute Gasteiger partial charge is 0.364 e. The van der Waals surface area contributed by atoms with Gasteiger partial charge in [-0.15, -0.1) is 12.4 Å². The minimum absolute atomic E-state index is 0. The molecule has 0 saturated carbocycles. The van der Waals surface area contributed by atoms with Crippen molar-refractivity contribution in [2.75, 3.05) is 6.54 Å². The second-order valence-electron chi connectivity index (χ2n) is 3.00. The van der Waals surface area contributed by atoms with E-state index in [0.29, 0.717) is 12.3 Å². The van der Waals surface area contributed by atoms with Gasteiger partial charge >= 0.3 is 0 Å². The SMILES string of the molecule is Cl.NC(=O)C1=NCCc2ccccc21. The Balaban J connectivity index is 0.000000980. The first-order valence-electron chi connectivity index (χ1n) is 4.21. The number of amides is 1. The van der Waals surface area contributed by atoms with Crippen molar-refractivity contribution in [3.05, 3.63) is 35.4 Å². The Morgan fingerprint density at radius 3 is 2.79 bits per heavy atom. The highest BCUT2D eigenvalue weighted by atomic mass is 35.5. The van der Waals surface area contributed by atoms with Gasteiger partial charge in [-0.25, -0.2) is 0 Å². The molecule has 0 aliphatic carbocycles. The zero-order valence-corrected chi connectivity index (χ0v) is 8.38. The number of carbonyl (C=O) groups is 1. The van der Waals surface area contributed by atoms with E-state index in [0.717, 1.165) is 17.5 Å². The Hall–Kier alpha value is -1.35. The van der Waals surface area contributed by atoms with Crippen LogP contribution in [0.2, 0.25) is 0 Å². The van der Waals surface area contributed by atoms with Gasteiger partial charge in [0.1, 0.15) is 5.71 Å². The first-order chi connectivity index (χ1) is 6.29. The molecule has 0 saturated heterocycles. The molecule has 1 aliphatic rings. The van der Waals surface area contributed by atoms with Crippen LogP contribution in [-0.2, 0) is 11.2 Å². The highest BCUT2D eigenvalue weighted by molar-refractivity contribution is 6.45. The smallest absolute Gasteiger partial charge is 0.267 e. The fourth-order valence-electron chi connectivity index (χ4n) is 1.55. The summed E-state index contributed by atoms with van der Waals surface area (Å²) < 4.78 is 0. The number of fused-ring (bicyclic) bond motifs is 1. The number of rotatable bonds is 1. The van der Waals surface area contributed by atoms with Crippen LogP contribution in [0.5, 0.6) is 0 Å². The average molecular weight is 211 g/mol. The molecule has 4 heteroatoms. The Morgan fingerprint density at radius 1 is 1.36 bits per heavy atom. The summed E-state index contributed by atoms with van der Waals surface area (Å²) in [6.07, 6.45) is 0.896. The number of benzene rings is 1. The molecule has 2 rings (SSSR count). The molecular formula is C10H11ClN2O. The van der Waals surface area contributed by atoms with Crippen molar-refractivity contribution < 1.29 is 4.79 Å². The van der Waals surface area contributed by atoms with E-state index in [2.05, 4.69) is 4.99 Å². The number of hydrogen-bond acceptors (Lipinski definition) is 2. The summed E-state index contributed by atoms with van der Waals surface area (Å²) in [7, 11) is 0. The summed E-state index contributed by atoms with van der Waals surface area (Å²) in [6, 6.07) is 7.75. The van der Waals surface area contributed by atoms with Gasteiger partial charge in [0, 0.05) is 12.1 Å². The van der Waals surface area contributed by atoms with Crippen molar-refractivity contribution in [1.82, 2.24) is 0 Å². The predicted octanol–water partition coefficient (Wildman–Crippen LogP) is 0.939. The van der Waals surface area contributed by atoms with E-state index in [9.17, 15) is 4.79 Å². The van der Waals surface area contributed by atoms with Crippen molar-refractivity contribution in [2.45, 2.75) is 6.42 Å². The molecule has 74 valence electrons. The maximum absolute atomic E-state index is 11.0. The van der Waals surface area contributed by atoms with E-state index >= 15 is 0 Å². The number of halogens is 1. The molecule has 2 N–H and O–H groups in total. The van der Waals surface area contributed by atoms with Crippen LogP contribution in [-0.4, -0.2) is 18.2 Å². The van der Waals surface area contributed by atoms with Gasteiger partial charge in [0.15, 0.2) is 0 Å². The molecule has 0 radical (unpaired) electrons. The molecule has 1 aromatic carbocycles. The number of hydrogen-bond donors (Lipinski definition) is 1. The molecule has 0 unspecified atom stereocenters. The summed E-state index contributed by atoms with van der Waals surface area (Å²) in [5.41, 5.74) is 7.68. The Labute approximate surface area is 88.4 Å². The van der Waals surface area contributed by atoms with Gasteiger partial charge in [0.25, 0.3) is 5.91 Å². The van der Waals surface area contributed by atoms with Gasteiger partial charge in [-0.2, -0.15) is 0 Å². The van der Waals surface area contributed by atoms with Gasteiger partial charge in [0.2, 0.25) is 0 Å². The first kappa shape index (κ1) is 10.7. The second kappa shape index (κ2) is 4.24. The highest BCUT2D eigenvalue weighted by Crippen LogP contribution is 2.15. The molecule has 1 aromatic rings. The topological polar surface area (TPSA) is 55.5 Å². The minimum atomic E-state index is -0.438. The Morgan fingerprint density at radius 2 is 2.07 bits per heavy atom. The van der Waals surface area contributed by atoms with Crippen LogP contribution in [0, 0.1) is 0 Å². The summed E-state index contributed by atoms with van der Waals surface area (Å²) in [4.78, 5) is 15.1. The maximum atomic E-state index is 11.0. The van der Waals surface area contributed by atoms with Crippen molar-refractivity contribution in [1.29, 1.82) is 0 Å². The van der Waals surface area contributed by atoms with Crippen molar-refractivity contribution in [2.24, 2.45) is 10.7 Å². The van der Waals surface area contributed by atoms with Gasteiger partial charge in [-0.3, -0.25) is 9.79 Å². The molecule has 3 nitrogen and oxygen atoms in total. The van der Waals surface area contributed by atoms with Crippen LogP contribution < -0.4 is 5.73 Å². The summed E-state index contributed by atoms with van der Waals surface area (Å²) in [6.45, 7) is 0.662. The zero-order chi connectivity index (χ0) is 9.26. The minimum Gasteiger partial charge on any atom is -0.364 e. The van der Waals surface area contributed by atoms with Crippen LogP contribution >= 0.6 is 12.4 Å².